The van der Waals surface area contributed by atoms with Gasteiger partial charge < -0.3 is 24.3 Å². The molecule has 0 saturated carbocycles. The van der Waals surface area contributed by atoms with E-state index in [2.05, 4.69) is 20.8 Å². The summed E-state index contributed by atoms with van der Waals surface area (Å²) in [4.78, 5) is 26.5. The Morgan fingerprint density at radius 1 is 0.970 bits per heavy atom. The molecule has 11 nitrogen and oxygen atoms in total. The Balaban J connectivity index is 1.95. The van der Waals surface area contributed by atoms with E-state index in [1.807, 2.05) is 0 Å². The summed E-state index contributed by atoms with van der Waals surface area (Å²) < 4.78 is 22.4. The van der Waals surface area contributed by atoms with Crippen molar-refractivity contribution in [2.24, 2.45) is 0 Å². The molecule has 0 bridgehead atoms. The zero-order valence-electron chi connectivity index (χ0n) is 18.4. The number of ether oxygens (including phenoxy) is 4. The third-order valence-electron chi connectivity index (χ3n) is 5.21. The summed E-state index contributed by atoms with van der Waals surface area (Å²) in [5.74, 6) is 0.456. The average Bonchev–Trinajstić information content (AvgIpc) is 3.34. The highest BCUT2D eigenvalue weighted by Gasteiger charge is 2.39. The van der Waals surface area contributed by atoms with Crippen molar-refractivity contribution in [2.45, 2.75) is 6.04 Å². The number of tetrazole rings is 1. The molecule has 33 heavy (non-hydrogen) atoms. The van der Waals surface area contributed by atoms with Crippen LogP contribution in [0.5, 0.6) is 17.2 Å². The van der Waals surface area contributed by atoms with Crippen molar-refractivity contribution in [2.75, 3.05) is 33.8 Å². The third kappa shape index (κ3) is 3.84. The SMILES string of the molecule is COC(=O)C1=C(C(=O)c2cccc(OC)c2)[C@@H](c2ccc(OC)c(OC)c2)n2nnnc2N1. The van der Waals surface area contributed by atoms with Gasteiger partial charge in [0.25, 0.3) is 0 Å². The predicted molar refractivity (Wildman–Crippen MR) is 115 cm³/mol. The van der Waals surface area contributed by atoms with Gasteiger partial charge in [0, 0.05) is 5.56 Å². The Kier molecular flexibility index (Phi) is 5.94. The first-order valence-corrected chi connectivity index (χ1v) is 9.80. The number of hydrogen-bond donors (Lipinski definition) is 1. The molecule has 0 fully saturated rings. The summed E-state index contributed by atoms with van der Waals surface area (Å²) in [7, 11) is 5.76. The van der Waals surface area contributed by atoms with Crippen molar-refractivity contribution in [3.05, 3.63) is 64.9 Å². The lowest BCUT2D eigenvalue weighted by Crippen LogP contribution is -2.33. The van der Waals surface area contributed by atoms with E-state index in [1.165, 1.54) is 33.1 Å². The second-order valence-electron chi connectivity index (χ2n) is 6.93. The molecular formula is C22H21N5O6. The van der Waals surface area contributed by atoms with Crippen LogP contribution in [0.2, 0.25) is 0 Å². The number of Topliss-reactive ketones (excluding diaryl/α,β-unsaturated/α-hetero) is 1. The zero-order chi connectivity index (χ0) is 23.5. The van der Waals surface area contributed by atoms with Crippen molar-refractivity contribution in [3.8, 4) is 17.2 Å². The van der Waals surface area contributed by atoms with Gasteiger partial charge in [-0.1, -0.05) is 23.3 Å². The predicted octanol–water partition coefficient (Wildman–Crippen LogP) is 2.02. The topological polar surface area (TPSA) is 127 Å². The Morgan fingerprint density at radius 2 is 1.76 bits per heavy atom. The standard InChI is InChI=1S/C22H21N5O6/c1-30-14-7-5-6-13(10-14)20(28)17-18(21(29)33-4)23-22-24-25-26-27(22)19(17)12-8-9-15(31-2)16(11-12)32-3/h5-11,19H,1-4H3,(H,23,24,26)/t19-/m1/s1. The van der Waals surface area contributed by atoms with Gasteiger partial charge in [-0.2, -0.15) is 4.68 Å². The Hall–Kier alpha value is -4.41. The van der Waals surface area contributed by atoms with Gasteiger partial charge in [0.2, 0.25) is 5.95 Å². The average molecular weight is 451 g/mol. The Bertz CT molecular complexity index is 1250. The minimum atomic E-state index is -0.858. The number of methoxy groups -OCH3 is 4. The number of nitrogens with one attached hydrogen (secondary N) is 1. The maximum atomic E-state index is 13.8. The second kappa shape index (κ2) is 8.99. The number of ketones is 1. The monoisotopic (exact) mass is 451 g/mol. The molecule has 2 heterocycles. The molecule has 4 rings (SSSR count). The van der Waals surface area contributed by atoms with Crippen LogP contribution in [0.4, 0.5) is 5.95 Å². The molecule has 0 aliphatic carbocycles. The van der Waals surface area contributed by atoms with E-state index in [4.69, 9.17) is 18.9 Å². The molecule has 2 aromatic carbocycles. The molecule has 170 valence electrons. The number of fused-ring (bicyclic) bond motifs is 1. The number of carbonyl (C=O) groups excluding carboxylic acids is 2. The molecule has 1 N–H and O–H groups in total. The highest BCUT2D eigenvalue weighted by Crippen LogP contribution is 2.39. The van der Waals surface area contributed by atoms with Crippen molar-refractivity contribution < 1.29 is 28.5 Å². The van der Waals surface area contributed by atoms with Gasteiger partial charge in [-0.3, -0.25) is 4.79 Å². The smallest absolute Gasteiger partial charge is 0.355 e. The van der Waals surface area contributed by atoms with Crippen LogP contribution in [0.1, 0.15) is 22.0 Å². The van der Waals surface area contributed by atoms with Crippen LogP contribution in [0.3, 0.4) is 0 Å². The number of carbonyl (C=O) groups is 2. The van der Waals surface area contributed by atoms with Crippen LogP contribution >= 0.6 is 0 Å². The highest BCUT2D eigenvalue weighted by atomic mass is 16.5. The van der Waals surface area contributed by atoms with E-state index >= 15 is 0 Å². The Labute approximate surface area is 188 Å². The molecule has 0 spiro atoms. The van der Waals surface area contributed by atoms with Crippen molar-refractivity contribution in [1.82, 2.24) is 20.2 Å². The molecule has 1 aromatic heterocycles. The van der Waals surface area contributed by atoms with Gasteiger partial charge in [-0.05, 0) is 40.3 Å². The van der Waals surface area contributed by atoms with Gasteiger partial charge in [0.1, 0.15) is 17.5 Å². The summed E-state index contributed by atoms with van der Waals surface area (Å²) in [5.41, 5.74) is 0.944. The summed E-state index contributed by atoms with van der Waals surface area (Å²) in [5, 5.41) is 14.5. The molecule has 1 aliphatic heterocycles. The van der Waals surface area contributed by atoms with Crippen LogP contribution in [-0.4, -0.2) is 60.4 Å². The number of aromatic nitrogens is 4. The molecule has 1 atom stereocenters. The lowest BCUT2D eigenvalue weighted by Gasteiger charge is -2.28. The minimum Gasteiger partial charge on any atom is -0.497 e. The third-order valence-corrected chi connectivity index (χ3v) is 5.21. The van der Waals surface area contributed by atoms with Crippen LogP contribution < -0.4 is 19.5 Å². The van der Waals surface area contributed by atoms with E-state index in [-0.39, 0.29) is 17.2 Å². The van der Waals surface area contributed by atoms with Crippen LogP contribution in [-0.2, 0) is 9.53 Å². The fraction of sp³-hybridized carbons (Fsp3) is 0.227. The molecule has 0 saturated heterocycles. The Morgan fingerprint density at radius 3 is 2.45 bits per heavy atom. The molecule has 1 aliphatic rings. The zero-order valence-corrected chi connectivity index (χ0v) is 18.4. The van der Waals surface area contributed by atoms with Crippen LogP contribution in [0.25, 0.3) is 0 Å². The largest absolute Gasteiger partial charge is 0.497 e. The first-order valence-electron chi connectivity index (χ1n) is 9.80. The van der Waals surface area contributed by atoms with Crippen molar-refractivity contribution >= 4 is 17.7 Å². The normalized spacial score (nSPS) is 14.7. The van der Waals surface area contributed by atoms with Crippen LogP contribution in [0.15, 0.2) is 53.7 Å². The van der Waals surface area contributed by atoms with Crippen LogP contribution in [0, 0.1) is 0 Å². The quantitative estimate of drug-likeness (QED) is 0.421. The first kappa shape index (κ1) is 21.8. The van der Waals surface area contributed by atoms with E-state index in [0.717, 1.165) is 0 Å². The number of allylic oxidation sites excluding steroid dienone is 1. The molecular weight excluding hydrogens is 430 g/mol. The van der Waals surface area contributed by atoms with Gasteiger partial charge >= 0.3 is 5.97 Å². The summed E-state index contributed by atoms with van der Waals surface area (Å²) >= 11 is 0. The molecule has 3 aromatic rings. The van der Waals surface area contributed by atoms with Gasteiger partial charge in [0.15, 0.2) is 17.3 Å². The number of nitrogens with zero attached hydrogens (tertiary/aromatic N) is 4. The van der Waals surface area contributed by atoms with Gasteiger partial charge in [-0.15, -0.1) is 0 Å². The maximum Gasteiger partial charge on any atom is 0.355 e. The minimum absolute atomic E-state index is 0.0626. The molecule has 0 unspecified atom stereocenters. The lowest BCUT2D eigenvalue weighted by atomic mass is 9.89. The highest BCUT2D eigenvalue weighted by molar-refractivity contribution is 6.15. The second-order valence-corrected chi connectivity index (χ2v) is 6.93. The van der Waals surface area contributed by atoms with Crippen molar-refractivity contribution in [1.29, 1.82) is 0 Å². The van der Waals surface area contributed by atoms with Gasteiger partial charge in [0.05, 0.1) is 34.0 Å². The molecule has 11 heteroatoms. The lowest BCUT2D eigenvalue weighted by molar-refractivity contribution is -0.136. The summed E-state index contributed by atoms with van der Waals surface area (Å²) in [6.45, 7) is 0. The summed E-state index contributed by atoms with van der Waals surface area (Å²) in [6, 6.07) is 10.9. The van der Waals surface area contributed by atoms with E-state index in [1.54, 1.807) is 42.5 Å². The number of anilines is 1. The van der Waals surface area contributed by atoms with Crippen molar-refractivity contribution in [3.63, 3.8) is 0 Å². The summed E-state index contributed by atoms with van der Waals surface area (Å²) in [6.07, 6.45) is 0. The van der Waals surface area contributed by atoms with E-state index < -0.39 is 17.8 Å². The van der Waals surface area contributed by atoms with Gasteiger partial charge in [-0.25, -0.2) is 4.79 Å². The van der Waals surface area contributed by atoms with E-state index in [9.17, 15) is 9.59 Å². The first-order chi connectivity index (χ1) is 16.0. The number of hydrogen-bond acceptors (Lipinski definition) is 10. The fourth-order valence-corrected chi connectivity index (χ4v) is 3.64. The molecule has 0 radical (unpaired) electrons. The number of esters is 1. The fourth-order valence-electron chi connectivity index (χ4n) is 3.64. The maximum absolute atomic E-state index is 13.8. The number of rotatable bonds is 7. The number of benzene rings is 2. The molecule has 0 amide bonds. The van der Waals surface area contributed by atoms with E-state index in [0.29, 0.717) is 28.4 Å².